The average Bonchev–Trinajstić information content (AvgIpc) is 2.86. The summed E-state index contributed by atoms with van der Waals surface area (Å²) in [5, 5.41) is 0. The van der Waals surface area contributed by atoms with E-state index in [2.05, 4.69) is 0 Å². The molecule has 6 nitrogen and oxygen atoms in total. The Bertz CT molecular complexity index is 1540. The van der Waals surface area contributed by atoms with E-state index in [9.17, 15) is 25.9 Å². The summed E-state index contributed by atoms with van der Waals surface area (Å²) >= 11 is 0. The van der Waals surface area contributed by atoms with Crippen LogP contribution in [0.1, 0.15) is 22.3 Å². The fraction of sp³-hybridized carbons (Fsp3) is 0. The number of rotatable bonds is 7. The minimum Gasteiger partial charge on any atom is -0.282 e. The van der Waals surface area contributed by atoms with Gasteiger partial charge in [0.2, 0.25) is 0 Å². The van der Waals surface area contributed by atoms with Crippen LogP contribution in [0.4, 0.5) is 0 Å². The van der Waals surface area contributed by atoms with E-state index in [1.54, 1.807) is 60.7 Å². The van der Waals surface area contributed by atoms with Crippen LogP contribution in [0, 0.1) is 0 Å². The van der Waals surface area contributed by atoms with E-state index in [4.69, 9.17) is 0 Å². The van der Waals surface area contributed by atoms with E-state index >= 15 is 0 Å². The first-order valence-corrected chi connectivity index (χ1v) is 13.7. The number of hydrogen-bond acceptors (Lipinski definition) is 4. The molecule has 0 aliphatic heterocycles. The first-order valence-electron chi connectivity index (χ1n) is 10.8. The van der Waals surface area contributed by atoms with Gasteiger partial charge >= 0.3 is 0 Å². The zero-order valence-electron chi connectivity index (χ0n) is 22.9. The van der Waals surface area contributed by atoms with E-state index in [-0.39, 0.29) is 128 Å². The van der Waals surface area contributed by atoms with Gasteiger partial charge in [-0.05, 0) is 45.5 Å². The van der Waals surface area contributed by atoms with Crippen LogP contribution < -0.4 is 0 Å². The second-order valence-corrected chi connectivity index (χ2v) is 10.7. The van der Waals surface area contributed by atoms with Crippen molar-refractivity contribution in [1.29, 1.82) is 0 Å². The Balaban J connectivity index is 0.00000380. The fourth-order valence-corrected chi connectivity index (χ4v) is 5.02. The molecule has 186 valence electrons. The molecule has 0 spiro atoms. The van der Waals surface area contributed by atoms with Gasteiger partial charge in [-0.2, -0.15) is 16.8 Å². The van der Waals surface area contributed by atoms with Crippen molar-refractivity contribution < 1.29 is 25.9 Å². The summed E-state index contributed by atoms with van der Waals surface area (Å²) in [7, 11) is -8.61. The van der Waals surface area contributed by atoms with Gasteiger partial charge in [0.1, 0.15) is 9.79 Å². The third-order valence-electron chi connectivity index (χ3n) is 5.46. The average molecular weight is 611 g/mol. The minimum absolute atomic E-state index is 0. The zero-order valence-corrected chi connectivity index (χ0v) is 32.5. The SMILES string of the molecule is O=S(=O)(O)c1ccccc1C=Cc1ccc(-c2ccc(C=Cc3ccccc3S(=O)(=O)O)cc2)cc1.[Na].[Na].[Na].[Na]. The van der Waals surface area contributed by atoms with Gasteiger partial charge in [-0.1, -0.05) is 109 Å². The molecule has 0 amide bonds. The van der Waals surface area contributed by atoms with Gasteiger partial charge in [-0.3, -0.25) is 9.11 Å². The van der Waals surface area contributed by atoms with Crippen LogP contribution in [-0.2, 0) is 20.2 Å². The molecular weight excluding hydrogens is 588 g/mol. The Morgan fingerprint density at radius 2 is 0.725 bits per heavy atom. The molecule has 4 radical (unpaired) electrons. The van der Waals surface area contributed by atoms with Crippen LogP contribution in [-0.4, -0.2) is 144 Å². The van der Waals surface area contributed by atoms with Crippen LogP contribution in [0.15, 0.2) is 107 Å². The van der Waals surface area contributed by atoms with Gasteiger partial charge in [-0.25, -0.2) is 0 Å². The molecular formula is C28H22Na4O6S2. The Morgan fingerprint density at radius 1 is 0.425 bits per heavy atom. The van der Waals surface area contributed by atoms with Crippen LogP contribution >= 0.6 is 0 Å². The predicted molar refractivity (Wildman–Crippen MR) is 165 cm³/mol. The molecule has 0 saturated carbocycles. The monoisotopic (exact) mass is 610 g/mol. The van der Waals surface area contributed by atoms with Crippen LogP contribution in [0.25, 0.3) is 35.4 Å². The predicted octanol–water partition coefficient (Wildman–Crippen LogP) is 4.66. The third kappa shape index (κ3) is 11.4. The summed E-state index contributed by atoms with van der Waals surface area (Å²) in [4.78, 5) is -0.290. The first-order chi connectivity index (χ1) is 17.1. The zero-order chi connectivity index (χ0) is 25.8. The van der Waals surface area contributed by atoms with Gasteiger partial charge in [0.05, 0.1) is 0 Å². The van der Waals surface area contributed by atoms with E-state index in [0.717, 1.165) is 22.3 Å². The van der Waals surface area contributed by atoms with Crippen molar-refractivity contribution in [2.75, 3.05) is 0 Å². The summed E-state index contributed by atoms with van der Waals surface area (Å²) < 4.78 is 64.9. The maximum Gasteiger partial charge on any atom is 0.295 e. The number of hydrogen-bond donors (Lipinski definition) is 2. The van der Waals surface area contributed by atoms with Crippen molar-refractivity contribution in [1.82, 2.24) is 0 Å². The molecule has 0 atom stereocenters. The summed E-state index contributed by atoms with van der Waals surface area (Å²) in [6.45, 7) is 0. The van der Waals surface area contributed by atoms with E-state index in [1.165, 1.54) is 12.1 Å². The quantitative estimate of drug-likeness (QED) is 0.179. The Hall–Kier alpha value is 0.180. The smallest absolute Gasteiger partial charge is 0.282 e. The van der Waals surface area contributed by atoms with Crippen molar-refractivity contribution in [3.05, 3.63) is 119 Å². The molecule has 4 aromatic rings. The molecule has 0 bridgehead atoms. The molecule has 4 rings (SSSR count). The van der Waals surface area contributed by atoms with Crippen molar-refractivity contribution in [2.24, 2.45) is 0 Å². The molecule has 0 aliphatic rings. The topological polar surface area (TPSA) is 109 Å². The maximum absolute atomic E-state index is 11.5. The molecule has 0 fully saturated rings. The second-order valence-electron chi connectivity index (χ2n) is 7.94. The van der Waals surface area contributed by atoms with Crippen molar-refractivity contribution >= 4 is 163 Å². The summed E-state index contributed by atoms with van der Waals surface area (Å²) in [5.74, 6) is 0. The summed E-state index contributed by atoms with van der Waals surface area (Å²) in [5.41, 5.74) is 4.48. The van der Waals surface area contributed by atoms with E-state index in [0.29, 0.717) is 11.1 Å². The molecule has 0 aliphatic carbocycles. The van der Waals surface area contributed by atoms with Crippen LogP contribution in [0.3, 0.4) is 0 Å². The van der Waals surface area contributed by atoms with Crippen molar-refractivity contribution in [2.45, 2.75) is 9.79 Å². The fourth-order valence-electron chi connectivity index (χ4n) is 3.65. The van der Waals surface area contributed by atoms with Gasteiger partial charge in [0.15, 0.2) is 0 Å². The largest absolute Gasteiger partial charge is 0.295 e. The first kappa shape index (κ1) is 40.2. The number of benzene rings is 4. The van der Waals surface area contributed by atoms with Crippen molar-refractivity contribution in [3.63, 3.8) is 0 Å². The molecule has 0 aromatic heterocycles. The Morgan fingerprint density at radius 3 is 1.02 bits per heavy atom. The maximum atomic E-state index is 11.5. The van der Waals surface area contributed by atoms with Gasteiger partial charge in [-0.15, -0.1) is 0 Å². The Labute approximate surface area is 324 Å². The Kier molecular flexibility index (Phi) is 18.2. The van der Waals surface area contributed by atoms with Crippen LogP contribution in [0.2, 0.25) is 0 Å². The van der Waals surface area contributed by atoms with E-state index < -0.39 is 20.2 Å². The van der Waals surface area contributed by atoms with Gasteiger partial charge in [0, 0.05) is 118 Å². The molecule has 0 unspecified atom stereocenters. The molecule has 12 heteroatoms. The second kappa shape index (κ2) is 18.1. The van der Waals surface area contributed by atoms with Gasteiger partial charge in [0.25, 0.3) is 20.2 Å². The normalized spacial score (nSPS) is 11.2. The van der Waals surface area contributed by atoms with Gasteiger partial charge < -0.3 is 0 Å². The minimum atomic E-state index is -4.31. The molecule has 2 N–H and O–H groups in total. The molecule has 0 saturated heterocycles. The van der Waals surface area contributed by atoms with Crippen molar-refractivity contribution in [3.8, 4) is 11.1 Å². The molecule has 40 heavy (non-hydrogen) atoms. The van der Waals surface area contributed by atoms with E-state index in [1.807, 2.05) is 48.5 Å². The van der Waals surface area contributed by atoms with Crippen LogP contribution in [0.5, 0.6) is 0 Å². The summed E-state index contributed by atoms with van der Waals surface area (Å²) in [6, 6.07) is 27.8. The standard InChI is InChI=1S/C28H22O6S2.4Na/c29-35(30,31)27-7-3-1-5-25(27)19-13-21-9-15-23(16-10-21)24-17-11-22(12-18-24)14-20-26-6-2-4-8-28(26)36(32,33)34;;;;/h1-20H,(H,29,30,31)(H,32,33,34);;;;. The summed E-state index contributed by atoms with van der Waals surface area (Å²) in [6.07, 6.45) is 6.82. The third-order valence-corrected chi connectivity index (χ3v) is 7.31. The molecule has 4 aromatic carbocycles. The molecule has 0 heterocycles.